The Kier molecular flexibility index (Phi) is 47.6. The number of carbonyl (C=O) groups excluding carboxylic acids is 5. The van der Waals surface area contributed by atoms with Crippen molar-refractivity contribution in [1.82, 2.24) is 36.2 Å². The molecule has 0 aliphatic rings. The van der Waals surface area contributed by atoms with Crippen molar-refractivity contribution in [3.8, 4) is 45.5 Å². The summed E-state index contributed by atoms with van der Waals surface area (Å²) >= 11 is 0. The highest BCUT2D eigenvalue weighted by atomic mass is 16.5. The van der Waals surface area contributed by atoms with Gasteiger partial charge in [0.1, 0.15) is 6.04 Å². The fourth-order valence-electron chi connectivity index (χ4n) is 12.7. The van der Waals surface area contributed by atoms with Gasteiger partial charge in [0.25, 0.3) is 0 Å². The molecule has 0 unspecified atom stereocenters. The highest BCUT2D eigenvalue weighted by Gasteiger charge is 2.36. The Labute approximate surface area is 698 Å². The molecule has 16 N–H and O–H groups in total. The molecule has 4 aromatic carbocycles. The van der Waals surface area contributed by atoms with Crippen molar-refractivity contribution in [2.24, 2.45) is 87.0 Å². The van der Waals surface area contributed by atoms with E-state index in [9.17, 15) is 53.7 Å². The molecule has 0 saturated heterocycles. The maximum atomic E-state index is 12.9. The third-order valence-electron chi connectivity index (χ3n) is 20.8. The van der Waals surface area contributed by atoms with Gasteiger partial charge in [-0.2, -0.15) is 5.21 Å². The minimum absolute atomic E-state index is 0.00829. The van der Waals surface area contributed by atoms with Gasteiger partial charge in [0, 0.05) is 108 Å². The van der Waals surface area contributed by atoms with Gasteiger partial charge in [0.2, 0.25) is 35.4 Å². The van der Waals surface area contributed by atoms with Crippen LogP contribution in [0.2, 0.25) is 0 Å². The molecular formula is C88H139N11O19. The van der Waals surface area contributed by atoms with Crippen LogP contribution in [0.4, 0.5) is 0 Å². The Morgan fingerprint density at radius 2 is 0.949 bits per heavy atom. The number of carboxylic acid groups (broad SMARTS) is 3. The zero-order valence-corrected chi connectivity index (χ0v) is 73.1. The van der Waals surface area contributed by atoms with Crippen LogP contribution in [0.25, 0.3) is 22.5 Å². The number of aromatic amines is 1. The summed E-state index contributed by atoms with van der Waals surface area (Å²) < 4.78 is 33.0. The second-order valence-electron chi connectivity index (χ2n) is 33.0. The summed E-state index contributed by atoms with van der Waals surface area (Å²) in [5, 5.41) is 67.4. The zero-order chi connectivity index (χ0) is 89.2. The number of aliphatic hydroxyl groups is 2. The minimum Gasteiger partial charge on any atom is -0.493 e. The number of methoxy groups -OCH3 is 4. The number of nitrogens with two attached hydrogens (primary N) is 4. The number of ether oxygens (including phenoxy) is 6. The highest BCUT2D eigenvalue weighted by Crippen LogP contribution is 2.36. The van der Waals surface area contributed by atoms with E-state index in [2.05, 4.69) is 59.0 Å². The summed E-state index contributed by atoms with van der Waals surface area (Å²) in [5.41, 5.74) is 28.0. The normalized spacial score (nSPS) is 13.9. The van der Waals surface area contributed by atoms with Crippen LogP contribution < -0.4 is 52.5 Å². The molecule has 0 aliphatic heterocycles. The first-order valence-electron chi connectivity index (χ1n) is 40.7. The van der Waals surface area contributed by atoms with Gasteiger partial charge in [-0.25, -0.2) is 14.4 Å². The van der Waals surface area contributed by atoms with Gasteiger partial charge in [-0.1, -0.05) is 143 Å². The maximum absolute atomic E-state index is 12.9. The Morgan fingerprint density at radius 3 is 1.29 bits per heavy atom. The lowest BCUT2D eigenvalue weighted by atomic mass is 9.80. The third-order valence-corrected chi connectivity index (χ3v) is 20.8. The van der Waals surface area contributed by atoms with E-state index in [4.69, 9.17) is 61.6 Å². The first kappa shape index (κ1) is 104. The van der Waals surface area contributed by atoms with Crippen LogP contribution in [0, 0.1) is 64.1 Å². The number of carbonyl (C=O) groups is 8. The molecule has 5 aromatic rings. The van der Waals surface area contributed by atoms with Crippen LogP contribution in [0.15, 0.2) is 97.1 Å². The number of hydrogen-bond acceptors (Lipinski definition) is 21. The number of amides is 5. The topological polar surface area (TPSA) is 479 Å². The molecule has 30 heteroatoms. The number of tetrazole rings is 1. The quantitative estimate of drug-likeness (QED) is 0.0127. The number of nitrogens with one attached hydrogen (secondary N) is 3. The van der Waals surface area contributed by atoms with Crippen LogP contribution in [0.3, 0.4) is 0 Å². The number of aliphatic carboxylic acids is 3. The molecule has 0 fully saturated rings. The molecule has 0 bridgehead atoms. The molecule has 5 amide bonds. The molecule has 1 heterocycles. The molecule has 0 saturated carbocycles. The first-order chi connectivity index (χ1) is 55.5. The summed E-state index contributed by atoms with van der Waals surface area (Å²) in [7, 11) is 6.58. The molecule has 0 aliphatic carbocycles. The fourth-order valence-corrected chi connectivity index (χ4v) is 12.7. The highest BCUT2D eigenvalue weighted by molar-refractivity contribution is 5.90. The van der Waals surface area contributed by atoms with E-state index < -0.39 is 82.7 Å². The van der Waals surface area contributed by atoms with Crippen LogP contribution in [0.5, 0.6) is 23.0 Å². The molecule has 30 nitrogen and oxygen atoms in total. The van der Waals surface area contributed by atoms with E-state index in [1.807, 2.05) is 133 Å². The van der Waals surface area contributed by atoms with E-state index in [0.29, 0.717) is 98.5 Å². The van der Waals surface area contributed by atoms with E-state index in [1.165, 1.54) is 4.90 Å². The van der Waals surface area contributed by atoms with Gasteiger partial charge in [-0.15, -0.1) is 10.2 Å². The summed E-state index contributed by atoms with van der Waals surface area (Å²) in [6.07, 6.45) is 6.21. The average molecular weight is 1660 g/mol. The van der Waals surface area contributed by atoms with E-state index in [1.54, 1.807) is 56.1 Å². The predicted molar refractivity (Wildman–Crippen MR) is 455 cm³/mol. The molecule has 9 atom stereocenters. The lowest BCUT2D eigenvalue weighted by molar-refractivity contribution is -0.153. The monoisotopic (exact) mass is 1650 g/mol. The molecular weight excluding hydrogens is 1520 g/mol. The number of primary amides is 2. The van der Waals surface area contributed by atoms with E-state index in [-0.39, 0.29) is 79.8 Å². The largest absolute Gasteiger partial charge is 0.493 e. The van der Waals surface area contributed by atoms with Gasteiger partial charge in [-0.3, -0.25) is 24.0 Å². The Balaban J connectivity index is 0.000000574. The summed E-state index contributed by atoms with van der Waals surface area (Å²) in [4.78, 5) is 94.5. The maximum Gasteiger partial charge on any atom is 0.328 e. The fraction of sp³-hybridized carbons (Fsp3) is 0.602. The van der Waals surface area contributed by atoms with E-state index >= 15 is 0 Å². The summed E-state index contributed by atoms with van der Waals surface area (Å²) in [5.74, 6) is -1.71. The number of rotatable bonds is 50. The Bertz CT molecular complexity index is 3690. The second-order valence-corrected chi connectivity index (χ2v) is 33.0. The van der Waals surface area contributed by atoms with Crippen molar-refractivity contribution >= 4 is 47.4 Å². The lowest BCUT2D eigenvalue weighted by Crippen LogP contribution is -2.47. The number of aliphatic hydroxyl groups excluding tert-OH is 2. The minimum atomic E-state index is -1.26. The molecule has 118 heavy (non-hydrogen) atoms. The van der Waals surface area contributed by atoms with Crippen LogP contribution in [-0.2, 0) is 67.2 Å². The predicted octanol–water partition coefficient (Wildman–Crippen LogP) is 10.5. The SMILES string of the molecule is CCCCC(=O)N(Cc1ccc(-c2ccccc2-c2nn[nH]n2)cc1)[C@H](C(=O)O)C(C)C.COCCCOc1cc(C[C@@H](C[C@H](N)[C@@H](O)C[C@H](C(=O)NCC(C)(C)C(N)=O)C(C)C)C(C)C)ccc1OC.COCCCOc1cc(C[C@@H](C[C@H](N)[C@@H](O)C[C@H](C(=O)NCC(C)(C)C(N)=O)C(C)C)C(C)C)ccc1OC.O=C(O)/C=C/C(=O)O. The summed E-state index contributed by atoms with van der Waals surface area (Å²) in [6.45, 7) is 31.7. The van der Waals surface area contributed by atoms with Crippen molar-refractivity contribution in [1.29, 1.82) is 0 Å². The van der Waals surface area contributed by atoms with Crippen molar-refractivity contribution < 1.29 is 92.3 Å². The molecule has 0 spiro atoms. The summed E-state index contributed by atoms with van der Waals surface area (Å²) in [6, 6.07) is 25.7. The van der Waals surface area contributed by atoms with Crippen molar-refractivity contribution in [2.45, 2.75) is 211 Å². The van der Waals surface area contributed by atoms with Crippen molar-refractivity contribution in [3.63, 3.8) is 0 Å². The lowest BCUT2D eigenvalue weighted by Gasteiger charge is -2.32. The van der Waals surface area contributed by atoms with Gasteiger partial charge < -0.3 is 92.4 Å². The number of hydrogen-bond donors (Lipinski definition) is 12. The van der Waals surface area contributed by atoms with Gasteiger partial charge in [0.05, 0.1) is 50.5 Å². The molecule has 660 valence electrons. The molecule has 5 rings (SSSR count). The van der Waals surface area contributed by atoms with Crippen LogP contribution >= 0.6 is 0 Å². The number of benzene rings is 4. The second kappa shape index (κ2) is 53.8. The van der Waals surface area contributed by atoms with E-state index in [0.717, 1.165) is 71.9 Å². The van der Waals surface area contributed by atoms with Crippen molar-refractivity contribution in [3.05, 3.63) is 114 Å². The van der Waals surface area contributed by atoms with Crippen molar-refractivity contribution in [2.75, 3.05) is 68.0 Å². The smallest absolute Gasteiger partial charge is 0.328 e. The zero-order valence-electron chi connectivity index (χ0n) is 73.1. The molecule has 0 radical (unpaired) electrons. The first-order valence-corrected chi connectivity index (χ1v) is 40.7. The number of H-pyrrole nitrogens is 1. The number of aromatic nitrogens is 4. The number of unbranched alkanes of at least 4 members (excludes halogenated alkanes) is 1. The van der Waals surface area contributed by atoms with Crippen LogP contribution in [0.1, 0.15) is 178 Å². The Hall–Kier alpha value is -9.59. The molecule has 1 aromatic heterocycles. The van der Waals surface area contributed by atoms with Crippen LogP contribution in [-0.4, -0.2) is 197 Å². The number of carboxylic acids is 3. The third kappa shape index (κ3) is 37.6. The average Bonchev–Trinajstić information content (AvgIpc) is 1.35. The Morgan fingerprint density at radius 1 is 0.534 bits per heavy atom. The number of nitrogens with zero attached hydrogens (tertiary/aromatic N) is 4. The van der Waals surface area contributed by atoms with Gasteiger partial charge >= 0.3 is 17.9 Å². The van der Waals surface area contributed by atoms with Gasteiger partial charge in [0.15, 0.2) is 23.0 Å². The van der Waals surface area contributed by atoms with Gasteiger partial charge in [-0.05, 0) is 171 Å². The standard InChI is InChI=1S/2C30H53N3O6.C24H29N5O3.C4H4O4/c2*1-19(2)22(14-21-10-11-26(38-8)27(15-21)39-13-9-12-37-7)16-24(31)25(34)17-23(20(3)4)28(35)33-18-30(5,6)29(32)36;1-4-5-10-21(30)29(22(16(2)3)24(31)32)15-17-11-13-18(14-12-17)19-8-6-7-9-20(19)23-25-27-28-26-23;5-3(6)1-2-4(7)8/h2*10-11,15,19-20,22-25,34H,9,12-14,16-18,31H2,1-8H3,(H2,32,36)(H,33,35);6-9,11-14,16,22H,4-5,10,15H2,1-3H3,(H,31,32)(H,25,26,27,28);1-2H,(H,5,6)(H,7,8)/b;;;2-1+/t2*22-,23-,24-,25-;22-;/m000./s1.